The first-order chi connectivity index (χ1) is 17.0. The van der Waals surface area contributed by atoms with Gasteiger partial charge in [0.05, 0.1) is 11.8 Å². The minimum absolute atomic E-state index is 0.303. The number of carbonyl (C=O) groups excluding carboxylic acids is 4. The van der Waals surface area contributed by atoms with Crippen molar-refractivity contribution >= 4 is 34.5 Å². The van der Waals surface area contributed by atoms with Crippen molar-refractivity contribution in [1.82, 2.24) is 9.88 Å². The lowest BCUT2D eigenvalue weighted by Crippen LogP contribution is -2.37. The molecule has 3 aromatic rings. The van der Waals surface area contributed by atoms with Gasteiger partial charge in [-0.15, -0.1) is 0 Å². The van der Waals surface area contributed by atoms with Crippen molar-refractivity contribution in [2.75, 3.05) is 6.54 Å². The summed E-state index contributed by atoms with van der Waals surface area (Å²) in [5, 5.41) is 0.764. The Morgan fingerprint density at radius 2 is 1.69 bits per heavy atom. The van der Waals surface area contributed by atoms with Crippen LogP contribution in [0.15, 0.2) is 54.7 Å². The average molecular weight is 473 g/mol. The summed E-state index contributed by atoms with van der Waals surface area (Å²) in [6, 6.07) is 14.6. The van der Waals surface area contributed by atoms with E-state index in [4.69, 9.17) is 4.74 Å². The second-order valence-corrected chi connectivity index (χ2v) is 9.30. The zero-order chi connectivity index (χ0) is 24.5. The molecule has 3 unspecified atom stereocenters. The largest absolute Gasteiger partial charge is 0.448 e. The van der Waals surface area contributed by atoms with Crippen LogP contribution in [-0.4, -0.2) is 40.0 Å². The third-order valence-corrected chi connectivity index (χ3v) is 7.26. The molecule has 35 heavy (non-hydrogen) atoms. The molecule has 2 aliphatic rings. The number of Topliss-reactive ketones (excluding diaryl/α,β-unsaturated/α-hetero) is 1. The molecule has 2 aromatic carbocycles. The maximum Gasteiger partial charge on any atom is 0.327 e. The topological polar surface area (TPSA) is 96.5 Å². The van der Waals surface area contributed by atoms with Gasteiger partial charge in [-0.2, -0.15) is 0 Å². The van der Waals surface area contributed by atoms with Gasteiger partial charge in [-0.25, -0.2) is 0 Å². The van der Waals surface area contributed by atoms with Crippen LogP contribution in [0.25, 0.3) is 10.9 Å². The number of aromatic nitrogens is 1. The van der Waals surface area contributed by atoms with Gasteiger partial charge in [-0.05, 0) is 24.8 Å². The Bertz CT molecular complexity index is 1270. The fourth-order valence-electron chi connectivity index (χ4n) is 5.44. The van der Waals surface area contributed by atoms with E-state index in [2.05, 4.69) is 4.98 Å². The summed E-state index contributed by atoms with van der Waals surface area (Å²) in [7, 11) is 0. The molecule has 3 atom stereocenters. The number of aromatic amines is 1. The molecule has 2 amide bonds. The Morgan fingerprint density at radius 3 is 2.34 bits per heavy atom. The number of ketones is 1. The molecule has 1 saturated heterocycles. The molecule has 0 bridgehead atoms. The van der Waals surface area contributed by atoms with E-state index in [1.165, 1.54) is 0 Å². The monoisotopic (exact) mass is 472 g/mol. The molecule has 0 spiro atoms. The van der Waals surface area contributed by atoms with E-state index in [0.29, 0.717) is 24.0 Å². The van der Waals surface area contributed by atoms with Crippen molar-refractivity contribution in [3.8, 4) is 0 Å². The number of fused-ring (bicyclic) bond motifs is 2. The van der Waals surface area contributed by atoms with Crippen LogP contribution in [-0.2, 0) is 25.5 Å². The summed E-state index contributed by atoms with van der Waals surface area (Å²) < 4.78 is 5.69. The number of benzene rings is 2. The molecule has 2 heterocycles. The fraction of sp³-hybridized carbons (Fsp3) is 0.357. The van der Waals surface area contributed by atoms with Gasteiger partial charge in [0, 0.05) is 28.2 Å². The Labute approximate surface area is 203 Å². The minimum atomic E-state index is -1.19. The van der Waals surface area contributed by atoms with E-state index in [9.17, 15) is 19.2 Å². The molecule has 1 N–H and O–H groups in total. The Balaban J connectivity index is 1.41. The summed E-state index contributed by atoms with van der Waals surface area (Å²) in [6.07, 6.45) is 4.43. The molecule has 7 heteroatoms. The third kappa shape index (κ3) is 4.16. The van der Waals surface area contributed by atoms with Crippen LogP contribution in [0.5, 0.6) is 0 Å². The molecule has 1 aromatic heterocycles. The van der Waals surface area contributed by atoms with Crippen LogP contribution in [0.1, 0.15) is 60.2 Å². The van der Waals surface area contributed by atoms with Crippen LogP contribution in [0.4, 0.5) is 0 Å². The lowest BCUT2D eigenvalue weighted by atomic mass is 9.81. The first-order valence-electron chi connectivity index (χ1n) is 12.2. The highest BCUT2D eigenvalue weighted by atomic mass is 16.5. The van der Waals surface area contributed by atoms with E-state index in [-0.39, 0.29) is 29.4 Å². The van der Waals surface area contributed by atoms with E-state index >= 15 is 0 Å². The molecule has 7 nitrogen and oxygen atoms in total. The van der Waals surface area contributed by atoms with Crippen molar-refractivity contribution in [3.05, 3.63) is 71.4 Å². The summed E-state index contributed by atoms with van der Waals surface area (Å²) in [6.45, 7) is 1.57. The van der Waals surface area contributed by atoms with Crippen molar-refractivity contribution in [2.45, 2.75) is 45.1 Å². The Hall–Kier alpha value is -3.74. The zero-order valence-corrected chi connectivity index (χ0v) is 19.7. The molecular weight excluding hydrogens is 444 g/mol. The summed E-state index contributed by atoms with van der Waals surface area (Å²) in [5.74, 6) is -2.42. The highest BCUT2D eigenvalue weighted by Crippen LogP contribution is 2.38. The molecule has 1 aliphatic heterocycles. The Kier molecular flexibility index (Phi) is 6.24. The number of hydrogen-bond donors (Lipinski definition) is 1. The van der Waals surface area contributed by atoms with Crippen molar-refractivity contribution in [1.29, 1.82) is 0 Å². The van der Waals surface area contributed by atoms with Crippen molar-refractivity contribution < 1.29 is 23.9 Å². The first-order valence-corrected chi connectivity index (χ1v) is 12.2. The number of nitrogens with zero attached hydrogens (tertiary/aromatic N) is 1. The normalized spacial score (nSPS) is 20.7. The van der Waals surface area contributed by atoms with Crippen LogP contribution < -0.4 is 0 Å². The molecular formula is C28H28N2O5. The number of ether oxygens (including phenoxy) is 1. The number of hydrogen-bond acceptors (Lipinski definition) is 5. The SMILES string of the molecule is CCc1cccc2c(C(=O)C(OC(=O)CN3C(=O)C4CCCCC4C3=O)c3ccccc3)c[nH]c12. The van der Waals surface area contributed by atoms with Gasteiger partial charge in [-0.3, -0.25) is 24.1 Å². The number of amides is 2. The molecule has 180 valence electrons. The van der Waals surface area contributed by atoms with Crippen LogP contribution >= 0.6 is 0 Å². The summed E-state index contributed by atoms with van der Waals surface area (Å²) in [5.41, 5.74) is 2.92. The smallest absolute Gasteiger partial charge is 0.327 e. The number of rotatable bonds is 7. The van der Waals surface area contributed by atoms with E-state index < -0.39 is 18.6 Å². The highest BCUT2D eigenvalue weighted by Gasteiger charge is 2.49. The standard InChI is InChI=1S/C28H28N2O5/c1-2-17-11-8-14-19-22(15-29-24(17)19)25(32)26(18-9-4-3-5-10-18)35-23(31)16-30-27(33)20-12-6-7-13-21(20)28(30)34/h3-5,8-11,14-15,20-21,26,29H,2,6-7,12-13,16H2,1H3. The number of carbonyl (C=O) groups is 4. The zero-order valence-electron chi connectivity index (χ0n) is 19.7. The lowest BCUT2D eigenvalue weighted by Gasteiger charge is -2.19. The number of H-pyrrole nitrogens is 1. The lowest BCUT2D eigenvalue weighted by molar-refractivity contribution is -0.155. The molecule has 2 fully saturated rings. The van der Waals surface area contributed by atoms with E-state index in [0.717, 1.165) is 40.6 Å². The number of esters is 1. The van der Waals surface area contributed by atoms with Gasteiger partial charge >= 0.3 is 5.97 Å². The first kappa shape index (κ1) is 23.0. The summed E-state index contributed by atoms with van der Waals surface area (Å²) in [4.78, 5) is 56.5. The van der Waals surface area contributed by atoms with Crippen LogP contribution in [0, 0.1) is 11.8 Å². The third-order valence-electron chi connectivity index (χ3n) is 7.26. The van der Waals surface area contributed by atoms with Gasteiger partial charge in [0.25, 0.3) is 0 Å². The maximum atomic E-state index is 13.7. The molecule has 0 radical (unpaired) electrons. The summed E-state index contributed by atoms with van der Waals surface area (Å²) >= 11 is 0. The average Bonchev–Trinajstić information content (AvgIpc) is 3.43. The number of imide groups is 1. The van der Waals surface area contributed by atoms with E-state index in [1.807, 2.05) is 31.2 Å². The molecule has 5 rings (SSSR count). The van der Waals surface area contributed by atoms with Crippen LogP contribution in [0.2, 0.25) is 0 Å². The van der Waals surface area contributed by atoms with Crippen molar-refractivity contribution in [3.63, 3.8) is 0 Å². The predicted octanol–water partition coefficient (Wildman–Crippen LogP) is 4.37. The number of nitrogens with one attached hydrogen (secondary N) is 1. The minimum Gasteiger partial charge on any atom is -0.448 e. The van der Waals surface area contributed by atoms with Gasteiger partial charge in [0.2, 0.25) is 17.6 Å². The number of para-hydroxylation sites is 1. The Morgan fingerprint density at radius 1 is 1.00 bits per heavy atom. The quantitative estimate of drug-likeness (QED) is 0.313. The predicted molar refractivity (Wildman–Crippen MR) is 129 cm³/mol. The molecule has 1 aliphatic carbocycles. The van der Waals surface area contributed by atoms with Gasteiger partial charge in [-0.1, -0.05) is 68.3 Å². The number of likely N-dealkylation sites (tertiary alicyclic amines) is 1. The molecule has 1 saturated carbocycles. The van der Waals surface area contributed by atoms with E-state index in [1.54, 1.807) is 30.5 Å². The van der Waals surface area contributed by atoms with Crippen LogP contribution in [0.3, 0.4) is 0 Å². The highest BCUT2D eigenvalue weighted by molar-refractivity contribution is 6.11. The second kappa shape index (κ2) is 9.49. The number of aryl methyl sites for hydroxylation is 1. The van der Waals surface area contributed by atoms with Crippen molar-refractivity contribution in [2.24, 2.45) is 11.8 Å². The maximum absolute atomic E-state index is 13.7. The second-order valence-electron chi connectivity index (χ2n) is 9.30. The fourth-order valence-corrected chi connectivity index (χ4v) is 5.44. The van der Waals surface area contributed by atoms with Gasteiger partial charge in [0.15, 0.2) is 6.10 Å². The van der Waals surface area contributed by atoms with Gasteiger partial charge < -0.3 is 9.72 Å². The van der Waals surface area contributed by atoms with Gasteiger partial charge in [0.1, 0.15) is 6.54 Å².